The molecule has 2 rings (SSSR count). The number of hydrogen-bond acceptors (Lipinski definition) is 5. The minimum Gasteiger partial charge on any atom is -0.414 e. The summed E-state index contributed by atoms with van der Waals surface area (Å²) in [6.45, 7) is 1.71. The highest BCUT2D eigenvalue weighted by atomic mass is 16.6. The second-order valence-electron chi connectivity index (χ2n) is 2.57. The maximum atomic E-state index is 11.3. The maximum absolute atomic E-state index is 11.3. The summed E-state index contributed by atoms with van der Waals surface area (Å²) in [6, 6.07) is 0. The number of oxazole rings is 1. The molecule has 2 aromatic heterocycles. The third-order valence-electron chi connectivity index (χ3n) is 1.49. The molecule has 0 amide bonds. The molecular weight excluding hydrogens is 186 g/mol. The van der Waals surface area contributed by atoms with Crippen LogP contribution >= 0.6 is 0 Å². The van der Waals surface area contributed by atoms with E-state index in [-0.39, 0.29) is 6.08 Å². The van der Waals surface area contributed by atoms with Crippen molar-refractivity contribution >= 4 is 6.09 Å². The van der Waals surface area contributed by atoms with Gasteiger partial charge in [0, 0.05) is 12.4 Å². The van der Waals surface area contributed by atoms with Gasteiger partial charge < -0.3 is 9.15 Å². The molecule has 0 unspecified atom stereocenters. The van der Waals surface area contributed by atoms with Crippen LogP contribution in [0, 0.1) is 6.92 Å². The van der Waals surface area contributed by atoms with E-state index in [4.69, 9.17) is 9.15 Å². The fourth-order valence-electron chi connectivity index (χ4n) is 0.876. The molecule has 2 heterocycles. The summed E-state index contributed by atoms with van der Waals surface area (Å²) >= 11 is 0. The second-order valence-corrected chi connectivity index (χ2v) is 2.57. The first-order chi connectivity index (χ1) is 6.75. The number of imidazole rings is 1. The van der Waals surface area contributed by atoms with Gasteiger partial charge in [0.05, 0.1) is 6.20 Å². The second kappa shape index (κ2) is 3.33. The highest BCUT2D eigenvalue weighted by Crippen LogP contribution is 2.10. The molecule has 0 saturated heterocycles. The molecule has 0 N–H and O–H groups in total. The number of hydrogen-bond donors (Lipinski definition) is 0. The Kier molecular flexibility index (Phi) is 2.02. The molecule has 2 aromatic rings. The van der Waals surface area contributed by atoms with Crippen molar-refractivity contribution in [2.45, 2.75) is 6.92 Å². The van der Waals surface area contributed by atoms with Gasteiger partial charge in [-0.15, -0.1) is 0 Å². The zero-order valence-corrected chi connectivity index (χ0v) is 7.38. The van der Waals surface area contributed by atoms with Crippen molar-refractivity contribution in [2.75, 3.05) is 0 Å². The fraction of sp³-hybridized carbons (Fsp3) is 0.125. The van der Waals surface area contributed by atoms with Crippen LogP contribution in [0.2, 0.25) is 0 Å². The summed E-state index contributed by atoms with van der Waals surface area (Å²) in [7, 11) is 0. The summed E-state index contributed by atoms with van der Waals surface area (Å²) in [4.78, 5) is 18.7. The van der Waals surface area contributed by atoms with E-state index in [9.17, 15) is 4.79 Å². The highest BCUT2D eigenvalue weighted by Gasteiger charge is 2.10. The summed E-state index contributed by atoms with van der Waals surface area (Å²) < 4.78 is 10.9. The van der Waals surface area contributed by atoms with Crippen LogP contribution in [-0.2, 0) is 0 Å². The molecule has 0 spiro atoms. The third kappa shape index (κ3) is 1.63. The summed E-state index contributed by atoms with van der Waals surface area (Å²) in [5, 5.41) is 0. The Labute approximate surface area is 79.1 Å². The third-order valence-corrected chi connectivity index (χ3v) is 1.49. The van der Waals surface area contributed by atoms with Crippen LogP contribution in [0.1, 0.15) is 5.76 Å². The van der Waals surface area contributed by atoms with Gasteiger partial charge in [-0.25, -0.2) is 14.3 Å². The maximum Gasteiger partial charge on any atom is 0.428 e. The first-order valence-corrected chi connectivity index (χ1v) is 3.88. The smallest absolute Gasteiger partial charge is 0.414 e. The van der Waals surface area contributed by atoms with Crippen LogP contribution in [0.25, 0.3) is 0 Å². The Morgan fingerprint density at radius 3 is 3.07 bits per heavy atom. The van der Waals surface area contributed by atoms with Gasteiger partial charge in [-0.1, -0.05) is 0 Å². The lowest BCUT2D eigenvalue weighted by Gasteiger charge is -1.97. The fourth-order valence-corrected chi connectivity index (χ4v) is 0.876. The molecule has 72 valence electrons. The zero-order valence-electron chi connectivity index (χ0n) is 7.38. The lowest BCUT2D eigenvalue weighted by atomic mass is 10.6. The number of nitrogens with zero attached hydrogens (tertiary/aromatic N) is 3. The van der Waals surface area contributed by atoms with Crippen molar-refractivity contribution in [3.8, 4) is 6.08 Å². The van der Waals surface area contributed by atoms with Crippen LogP contribution in [0.4, 0.5) is 4.79 Å². The number of carbonyl (C=O) groups is 1. The molecule has 6 heteroatoms. The summed E-state index contributed by atoms with van der Waals surface area (Å²) in [5.74, 6) is 0.582. The highest BCUT2D eigenvalue weighted by molar-refractivity contribution is 5.71. The molecule has 14 heavy (non-hydrogen) atoms. The van der Waals surface area contributed by atoms with Crippen LogP contribution in [0.5, 0.6) is 6.08 Å². The van der Waals surface area contributed by atoms with Gasteiger partial charge in [0.1, 0.15) is 12.1 Å². The Hall–Kier alpha value is -2.11. The average Bonchev–Trinajstić information content (AvgIpc) is 2.75. The molecule has 6 nitrogen and oxygen atoms in total. The molecule has 0 aromatic carbocycles. The van der Waals surface area contributed by atoms with Gasteiger partial charge in [0.25, 0.3) is 0 Å². The monoisotopic (exact) mass is 193 g/mol. The number of rotatable bonds is 1. The Morgan fingerprint density at radius 2 is 2.50 bits per heavy atom. The number of ether oxygens (including phenoxy) is 1. The van der Waals surface area contributed by atoms with E-state index in [1.54, 1.807) is 6.92 Å². The Morgan fingerprint density at radius 1 is 1.64 bits per heavy atom. The lowest BCUT2D eigenvalue weighted by Crippen LogP contribution is -2.14. The Balaban J connectivity index is 2.09. The van der Waals surface area contributed by atoms with Crippen LogP contribution in [0.15, 0.2) is 29.3 Å². The van der Waals surface area contributed by atoms with Gasteiger partial charge in [-0.3, -0.25) is 0 Å². The minimum absolute atomic E-state index is 0.0683. The van der Waals surface area contributed by atoms with Crippen molar-refractivity contribution in [2.24, 2.45) is 0 Å². The van der Waals surface area contributed by atoms with Gasteiger partial charge in [-0.2, -0.15) is 4.98 Å². The van der Waals surface area contributed by atoms with E-state index in [0.29, 0.717) is 5.76 Å². The molecule has 0 fully saturated rings. The van der Waals surface area contributed by atoms with E-state index < -0.39 is 6.09 Å². The quantitative estimate of drug-likeness (QED) is 0.681. The van der Waals surface area contributed by atoms with Crippen molar-refractivity contribution in [1.29, 1.82) is 0 Å². The lowest BCUT2D eigenvalue weighted by molar-refractivity contribution is 0.185. The number of aromatic nitrogens is 3. The first kappa shape index (κ1) is 8.49. The predicted octanol–water partition coefficient (Wildman–Crippen LogP) is 1.23. The van der Waals surface area contributed by atoms with E-state index in [2.05, 4.69) is 9.97 Å². The molecule has 0 aliphatic carbocycles. The standard InChI is InChI=1S/C8H7N3O3/c1-6-4-10-7(13-6)14-8(12)11-3-2-9-5-11/h2-5H,1H3. The van der Waals surface area contributed by atoms with E-state index in [1.807, 2.05) is 0 Å². The predicted molar refractivity (Wildman–Crippen MR) is 44.9 cm³/mol. The average molecular weight is 193 g/mol. The zero-order chi connectivity index (χ0) is 9.97. The number of carbonyl (C=O) groups excluding carboxylic acids is 1. The summed E-state index contributed by atoms with van der Waals surface area (Å²) in [6.07, 6.45) is 5.07. The van der Waals surface area contributed by atoms with Crippen molar-refractivity contribution in [3.05, 3.63) is 30.7 Å². The molecule has 0 radical (unpaired) electrons. The SMILES string of the molecule is Cc1cnc(OC(=O)n2ccnc2)o1. The molecule has 0 bridgehead atoms. The minimum atomic E-state index is -0.607. The van der Waals surface area contributed by atoms with Gasteiger partial charge in [-0.05, 0) is 6.92 Å². The van der Waals surface area contributed by atoms with Crippen LogP contribution in [0.3, 0.4) is 0 Å². The molecule has 0 aliphatic rings. The molecule has 0 saturated carbocycles. The van der Waals surface area contributed by atoms with Gasteiger partial charge >= 0.3 is 12.2 Å². The van der Waals surface area contributed by atoms with Crippen molar-refractivity contribution in [1.82, 2.24) is 14.5 Å². The van der Waals surface area contributed by atoms with Crippen molar-refractivity contribution in [3.63, 3.8) is 0 Å². The van der Waals surface area contributed by atoms with Gasteiger partial charge in [0.2, 0.25) is 0 Å². The van der Waals surface area contributed by atoms with Crippen LogP contribution in [-0.4, -0.2) is 20.6 Å². The molecule has 0 aliphatic heterocycles. The molecular formula is C8H7N3O3. The van der Waals surface area contributed by atoms with Crippen molar-refractivity contribution < 1.29 is 13.9 Å². The normalized spacial score (nSPS) is 10.1. The van der Waals surface area contributed by atoms with E-state index in [0.717, 1.165) is 0 Å². The summed E-state index contributed by atoms with van der Waals surface area (Å²) in [5.41, 5.74) is 0. The number of aryl methyl sites for hydroxylation is 1. The molecule has 0 atom stereocenters. The Bertz CT molecular complexity index is 432. The topological polar surface area (TPSA) is 70.2 Å². The van der Waals surface area contributed by atoms with Gasteiger partial charge in [0.15, 0.2) is 0 Å². The van der Waals surface area contributed by atoms with E-state index in [1.165, 1.54) is 29.5 Å². The first-order valence-electron chi connectivity index (χ1n) is 3.88. The van der Waals surface area contributed by atoms with Crippen LogP contribution < -0.4 is 4.74 Å². The van der Waals surface area contributed by atoms with E-state index >= 15 is 0 Å². The largest absolute Gasteiger partial charge is 0.428 e.